The lowest BCUT2D eigenvalue weighted by molar-refractivity contribution is -0.121. The molecule has 1 saturated heterocycles. The molecule has 158 valence electrons. The fourth-order valence-electron chi connectivity index (χ4n) is 3.93. The number of amides is 3. The van der Waals surface area contributed by atoms with Crippen molar-refractivity contribution < 1.29 is 14.4 Å². The molecule has 0 bridgehead atoms. The minimum Gasteiger partial charge on any atom is -0.306 e. The number of nitrogens with one attached hydrogen (secondary N) is 1. The molecule has 7 heteroatoms. The SMILES string of the molecule is Cc1cccn2c(NC(=O)c3ccc(N4C(=O)CCC4=O)cc3)c(-c3ccccc3)nc12. The van der Waals surface area contributed by atoms with Gasteiger partial charge in [-0.25, -0.2) is 4.98 Å². The quantitative estimate of drug-likeness (QED) is 0.497. The van der Waals surface area contributed by atoms with Crippen molar-refractivity contribution in [3.63, 3.8) is 0 Å². The van der Waals surface area contributed by atoms with Gasteiger partial charge in [0.25, 0.3) is 5.91 Å². The van der Waals surface area contributed by atoms with Gasteiger partial charge in [-0.3, -0.25) is 23.7 Å². The number of hydrogen-bond acceptors (Lipinski definition) is 4. The third kappa shape index (κ3) is 3.33. The fourth-order valence-corrected chi connectivity index (χ4v) is 3.93. The number of carbonyl (C=O) groups is 3. The van der Waals surface area contributed by atoms with Crippen molar-refractivity contribution in [3.8, 4) is 11.3 Å². The van der Waals surface area contributed by atoms with Crippen LogP contribution in [0, 0.1) is 6.92 Å². The van der Waals surface area contributed by atoms with Crippen molar-refractivity contribution in [1.82, 2.24) is 9.38 Å². The Morgan fingerprint density at radius 1 is 0.906 bits per heavy atom. The molecule has 0 unspecified atom stereocenters. The summed E-state index contributed by atoms with van der Waals surface area (Å²) < 4.78 is 1.87. The highest BCUT2D eigenvalue weighted by molar-refractivity contribution is 6.20. The summed E-state index contributed by atoms with van der Waals surface area (Å²) in [5, 5.41) is 3.00. The lowest BCUT2D eigenvalue weighted by atomic mass is 10.1. The van der Waals surface area contributed by atoms with Crippen molar-refractivity contribution >= 4 is 34.9 Å². The minimum absolute atomic E-state index is 0.219. The van der Waals surface area contributed by atoms with Crippen molar-refractivity contribution in [2.45, 2.75) is 19.8 Å². The maximum Gasteiger partial charge on any atom is 0.256 e. The first kappa shape index (κ1) is 19.7. The maximum atomic E-state index is 13.1. The Labute approximate surface area is 184 Å². The van der Waals surface area contributed by atoms with Crippen LogP contribution in [0.15, 0.2) is 72.9 Å². The molecule has 0 saturated carbocycles. The summed E-state index contributed by atoms with van der Waals surface area (Å²) in [6, 6.07) is 20.0. The van der Waals surface area contributed by atoms with Crippen LogP contribution in [0.4, 0.5) is 11.5 Å². The average Bonchev–Trinajstić information content (AvgIpc) is 3.35. The molecule has 32 heavy (non-hydrogen) atoms. The van der Waals surface area contributed by atoms with Crippen LogP contribution in [-0.4, -0.2) is 27.1 Å². The van der Waals surface area contributed by atoms with E-state index in [1.807, 2.05) is 60.0 Å². The average molecular weight is 424 g/mol. The molecule has 0 radical (unpaired) electrons. The highest BCUT2D eigenvalue weighted by Gasteiger charge is 2.30. The van der Waals surface area contributed by atoms with E-state index in [9.17, 15) is 14.4 Å². The van der Waals surface area contributed by atoms with Crippen LogP contribution in [0.25, 0.3) is 16.9 Å². The van der Waals surface area contributed by atoms with E-state index in [1.165, 1.54) is 4.90 Å². The van der Waals surface area contributed by atoms with Crippen LogP contribution in [0.5, 0.6) is 0 Å². The Morgan fingerprint density at radius 3 is 2.28 bits per heavy atom. The summed E-state index contributed by atoms with van der Waals surface area (Å²) in [6.45, 7) is 1.97. The van der Waals surface area contributed by atoms with E-state index in [4.69, 9.17) is 4.98 Å². The molecule has 1 aliphatic rings. The number of aromatic nitrogens is 2. The Morgan fingerprint density at radius 2 is 1.59 bits per heavy atom. The van der Waals surface area contributed by atoms with Gasteiger partial charge in [-0.05, 0) is 42.8 Å². The molecule has 5 rings (SSSR count). The van der Waals surface area contributed by atoms with Gasteiger partial charge in [0.05, 0.1) is 5.69 Å². The first-order valence-electron chi connectivity index (χ1n) is 10.3. The standard InChI is InChI=1S/C25H20N4O3/c1-16-6-5-15-28-23(16)26-22(17-7-3-2-4-8-17)24(28)27-25(32)18-9-11-19(12-10-18)29-20(30)13-14-21(29)31/h2-12,15H,13-14H2,1H3,(H,27,32). The number of benzene rings is 2. The first-order valence-corrected chi connectivity index (χ1v) is 10.3. The van der Waals surface area contributed by atoms with Crippen LogP contribution in [-0.2, 0) is 9.59 Å². The van der Waals surface area contributed by atoms with Gasteiger partial charge >= 0.3 is 0 Å². The molecule has 3 heterocycles. The molecule has 2 aromatic carbocycles. The summed E-state index contributed by atoms with van der Waals surface area (Å²) in [6.07, 6.45) is 2.30. The predicted octanol–water partition coefficient (Wildman–Crippen LogP) is 4.22. The zero-order valence-corrected chi connectivity index (χ0v) is 17.4. The number of fused-ring (bicyclic) bond motifs is 1. The van der Waals surface area contributed by atoms with Gasteiger partial charge in [-0.15, -0.1) is 0 Å². The Kier molecular flexibility index (Phi) is 4.78. The number of hydrogen-bond donors (Lipinski definition) is 1. The van der Waals surface area contributed by atoms with E-state index in [2.05, 4.69) is 5.32 Å². The van der Waals surface area contributed by atoms with E-state index in [-0.39, 0.29) is 30.6 Å². The van der Waals surface area contributed by atoms with E-state index in [1.54, 1.807) is 24.3 Å². The second-order valence-corrected chi connectivity index (χ2v) is 7.68. The molecule has 1 N–H and O–H groups in total. The second-order valence-electron chi connectivity index (χ2n) is 7.68. The van der Waals surface area contributed by atoms with Gasteiger partial charge in [-0.2, -0.15) is 0 Å². The van der Waals surface area contributed by atoms with Gasteiger partial charge < -0.3 is 5.32 Å². The third-order valence-corrected chi connectivity index (χ3v) is 5.56. The van der Waals surface area contributed by atoms with Crippen LogP contribution in [0.3, 0.4) is 0 Å². The number of imidazole rings is 1. The monoisotopic (exact) mass is 424 g/mol. The highest BCUT2D eigenvalue weighted by Crippen LogP contribution is 2.30. The van der Waals surface area contributed by atoms with Gasteiger partial charge in [0.15, 0.2) is 0 Å². The maximum absolute atomic E-state index is 13.1. The molecule has 1 fully saturated rings. The van der Waals surface area contributed by atoms with Crippen LogP contribution >= 0.6 is 0 Å². The number of carbonyl (C=O) groups excluding carboxylic acids is 3. The van der Waals surface area contributed by atoms with Crippen molar-refractivity contribution in [2.75, 3.05) is 10.2 Å². The molecule has 4 aromatic rings. The summed E-state index contributed by atoms with van der Waals surface area (Å²) >= 11 is 0. The lowest BCUT2D eigenvalue weighted by Crippen LogP contribution is -2.28. The van der Waals surface area contributed by atoms with E-state index < -0.39 is 0 Å². The summed E-state index contributed by atoms with van der Waals surface area (Å²) in [7, 11) is 0. The smallest absolute Gasteiger partial charge is 0.256 e. The van der Waals surface area contributed by atoms with E-state index in [0.717, 1.165) is 16.8 Å². The zero-order chi connectivity index (χ0) is 22.2. The fraction of sp³-hybridized carbons (Fsp3) is 0.120. The predicted molar refractivity (Wildman–Crippen MR) is 121 cm³/mol. The number of pyridine rings is 1. The first-order chi connectivity index (χ1) is 15.5. The number of anilines is 2. The Balaban J connectivity index is 1.49. The molecule has 0 atom stereocenters. The summed E-state index contributed by atoms with van der Waals surface area (Å²) in [4.78, 5) is 42.9. The highest BCUT2D eigenvalue weighted by atomic mass is 16.2. The topological polar surface area (TPSA) is 83.8 Å². The third-order valence-electron chi connectivity index (χ3n) is 5.56. The number of aryl methyl sites for hydroxylation is 1. The molecule has 0 spiro atoms. The molecular formula is C25H20N4O3. The van der Waals surface area contributed by atoms with Crippen molar-refractivity contribution in [2.24, 2.45) is 0 Å². The van der Waals surface area contributed by atoms with Crippen molar-refractivity contribution in [3.05, 3.63) is 84.1 Å². The Hall–Kier alpha value is -4.26. The van der Waals surface area contributed by atoms with Gasteiger partial charge in [0.2, 0.25) is 11.8 Å². The molecule has 1 aliphatic heterocycles. The normalized spacial score (nSPS) is 13.7. The number of nitrogens with zero attached hydrogens (tertiary/aromatic N) is 3. The van der Waals surface area contributed by atoms with Crippen LogP contribution < -0.4 is 10.2 Å². The Bertz CT molecular complexity index is 1340. The summed E-state index contributed by atoms with van der Waals surface area (Å²) in [5.41, 5.74) is 4.22. The number of rotatable bonds is 4. The molecular weight excluding hydrogens is 404 g/mol. The summed E-state index contributed by atoms with van der Waals surface area (Å²) in [5.74, 6) is -0.174. The second kappa shape index (κ2) is 7.77. The zero-order valence-electron chi connectivity index (χ0n) is 17.4. The van der Waals surface area contributed by atoms with Gasteiger partial charge in [-0.1, -0.05) is 36.4 Å². The molecule has 3 amide bonds. The van der Waals surface area contributed by atoms with Crippen LogP contribution in [0.1, 0.15) is 28.8 Å². The van der Waals surface area contributed by atoms with Gasteiger partial charge in [0.1, 0.15) is 17.2 Å². The van der Waals surface area contributed by atoms with Crippen LogP contribution in [0.2, 0.25) is 0 Å². The lowest BCUT2D eigenvalue weighted by Gasteiger charge is -2.14. The largest absolute Gasteiger partial charge is 0.306 e. The minimum atomic E-state index is -0.309. The van der Waals surface area contributed by atoms with E-state index >= 15 is 0 Å². The van der Waals surface area contributed by atoms with E-state index in [0.29, 0.717) is 22.8 Å². The molecule has 7 nitrogen and oxygen atoms in total. The van der Waals surface area contributed by atoms with Crippen molar-refractivity contribution in [1.29, 1.82) is 0 Å². The molecule has 0 aliphatic carbocycles. The molecule has 2 aromatic heterocycles. The van der Waals surface area contributed by atoms with Gasteiger partial charge in [0, 0.05) is 30.2 Å². The number of imide groups is 1.